The number of unbranched alkanes of at least 4 members (excludes halogenated alkanes) is 11. The molecule has 0 unspecified atom stereocenters. The van der Waals surface area contributed by atoms with E-state index in [1.165, 1.54) is 51.4 Å². The summed E-state index contributed by atoms with van der Waals surface area (Å²) in [5.41, 5.74) is 2.43. The summed E-state index contributed by atoms with van der Waals surface area (Å²) in [7, 11) is 0. The minimum atomic E-state index is -1.10. The second-order valence-electron chi connectivity index (χ2n) is 17.9. The molecule has 3 N–H and O–H groups in total. The number of aliphatic hydroxyl groups excluding tert-OH is 2. The Morgan fingerprint density at radius 1 is 0.933 bits per heavy atom. The first kappa shape index (κ1) is 47.7. The highest BCUT2D eigenvalue weighted by molar-refractivity contribution is 8.00. The zero-order valence-electron chi connectivity index (χ0n) is 37.0. The van der Waals surface area contributed by atoms with Gasteiger partial charge in [0.15, 0.2) is 0 Å². The van der Waals surface area contributed by atoms with Crippen molar-refractivity contribution < 1.29 is 34.1 Å². The number of carbonyl (C=O) groups excluding carboxylic acids is 1. The summed E-state index contributed by atoms with van der Waals surface area (Å²) in [6.07, 6.45) is 21.6. The van der Waals surface area contributed by atoms with Gasteiger partial charge in [0.25, 0.3) is 0 Å². The number of nitrogens with one attached hydrogen (secondary N) is 1. The van der Waals surface area contributed by atoms with Crippen molar-refractivity contribution in [3.63, 3.8) is 0 Å². The fourth-order valence-corrected chi connectivity index (χ4v) is 10.6. The van der Waals surface area contributed by atoms with Gasteiger partial charge >= 0.3 is 6.09 Å². The molecule has 1 saturated carbocycles. The molecule has 9 nitrogen and oxygen atoms in total. The maximum absolute atomic E-state index is 13.2. The molecule has 1 fully saturated rings. The van der Waals surface area contributed by atoms with Crippen molar-refractivity contribution in [1.82, 2.24) is 5.32 Å². The average molecular weight is 847 g/mol. The van der Waals surface area contributed by atoms with Gasteiger partial charge in [0.1, 0.15) is 17.1 Å². The van der Waals surface area contributed by atoms with Crippen molar-refractivity contribution in [3.8, 4) is 11.5 Å². The topological polar surface area (TPSA) is 119 Å². The molecule has 6 atom stereocenters. The van der Waals surface area contributed by atoms with Gasteiger partial charge in [0, 0.05) is 42.6 Å². The lowest BCUT2D eigenvalue weighted by atomic mass is 9.56. The number of benzene rings is 2. The van der Waals surface area contributed by atoms with Crippen LogP contribution in [0.1, 0.15) is 148 Å². The number of aliphatic hydroxyl groups is 2. The Balaban J connectivity index is 1.49. The van der Waals surface area contributed by atoms with Gasteiger partial charge in [-0.25, -0.2) is 4.79 Å². The van der Waals surface area contributed by atoms with Gasteiger partial charge in [-0.2, -0.15) is 0 Å². The molecule has 0 saturated heterocycles. The average Bonchev–Trinajstić information content (AvgIpc) is 3.23. The molecule has 2 aromatic carbocycles. The lowest BCUT2D eigenvalue weighted by molar-refractivity contribution is -0.223. The number of carbonyl (C=O) groups is 1. The minimum absolute atomic E-state index is 0.103. The number of oxime groups is 1. The predicted octanol–water partition coefficient (Wildman–Crippen LogP) is 11.9. The lowest BCUT2D eigenvalue weighted by Crippen LogP contribution is -2.64. The van der Waals surface area contributed by atoms with Crippen molar-refractivity contribution in [3.05, 3.63) is 78.4 Å². The highest BCUT2D eigenvalue weighted by atomic mass is 32.2. The number of fused-ring (bicyclic) bond motifs is 2. The number of amides is 1. The number of ether oxygens (including phenoxy) is 3. The van der Waals surface area contributed by atoms with Gasteiger partial charge in [-0.15, -0.1) is 18.3 Å². The van der Waals surface area contributed by atoms with Crippen molar-refractivity contribution in [1.29, 1.82) is 0 Å². The molecule has 1 amide bonds. The van der Waals surface area contributed by atoms with Crippen LogP contribution in [0.25, 0.3) is 0 Å². The van der Waals surface area contributed by atoms with E-state index in [0.29, 0.717) is 30.9 Å². The van der Waals surface area contributed by atoms with E-state index in [9.17, 15) is 15.0 Å². The standard InChI is InChI=1S/C50H74N2O7S/c1-6-8-9-10-11-12-13-14-15-21-30-51-48(55)57-38-28-29-44-42(35-38)46-40(27-20-23-32-54)37(24-19-22-31-53)34-41-43(52-59-49(3,4)5)36-45(60-39-25-17-16-18-26-39)50(58-44,47(41)46)56-33-7-2/h7,16-18,25-26,28-29,34-35,37,40,45-47,53-54H,2,6,8-15,19-24,27,30-33,36H2,1,3-5H3,(H,51,55)/t37-,40+,45-,46+,47+,50+/m0/s1. The Kier molecular flexibility index (Phi) is 19.4. The summed E-state index contributed by atoms with van der Waals surface area (Å²) in [6.45, 7) is 13.5. The van der Waals surface area contributed by atoms with Gasteiger partial charge < -0.3 is 34.6 Å². The third-order valence-electron chi connectivity index (χ3n) is 12.1. The molecule has 2 aromatic rings. The summed E-state index contributed by atoms with van der Waals surface area (Å²) < 4.78 is 20.3. The van der Waals surface area contributed by atoms with Crippen LogP contribution in [0, 0.1) is 17.8 Å². The van der Waals surface area contributed by atoms with Crippen LogP contribution < -0.4 is 14.8 Å². The number of nitrogens with zero attached hydrogens (tertiary/aromatic N) is 1. The summed E-state index contributed by atoms with van der Waals surface area (Å²) in [6, 6.07) is 16.1. The monoisotopic (exact) mass is 847 g/mol. The lowest BCUT2D eigenvalue weighted by Gasteiger charge is -2.58. The summed E-state index contributed by atoms with van der Waals surface area (Å²) in [5.74, 6) is -0.00411. The first-order valence-corrected chi connectivity index (χ1v) is 24.0. The maximum atomic E-state index is 13.2. The number of allylic oxidation sites excluding steroid dienone is 1. The highest BCUT2D eigenvalue weighted by Gasteiger charge is 2.64. The molecule has 3 aliphatic rings. The van der Waals surface area contributed by atoms with E-state index in [1.54, 1.807) is 17.8 Å². The van der Waals surface area contributed by atoms with Crippen LogP contribution in [0.3, 0.4) is 0 Å². The molecule has 0 aromatic heterocycles. The molecule has 5 rings (SSSR count). The first-order valence-electron chi connectivity index (χ1n) is 23.1. The SMILES string of the molecule is C=CCO[C@@]12Oc3ccc(OC(=O)NCCCCCCCCCCCC)cc3[C@H]3[C@H](CCCCO)[C@@H](CCCCO)C=C(C(=NOC(C)(C)C)C[C@@H]1Sc1ccccc1)[C@H]32. The van der Waals surface area contributed by atoms with Gasteiger partial charge in [0.2, 0.25) is 5.79 Å². The van der Waals surface area contributed by atoms with Crippen LogP contribution in [0.15, 0.2) is 82.9 Å². The fourth-order valence-electron chi connectivity index (χ4n) is 9.29. The van der Waals surface area contributed by atoms with Crippen molar-refractivity contribution in [2.45, 2.75) is 164 Å². The highest BCUT2D eigenvalue weighted by Crippen LogP contribution is 2.63. The number of rotatable bonds is 26. The zero-order valence-corrected chi connectivity index (χ0v) is 37.8. The molecular weight excluding hydrogens is 773 g/mol. The Labute approximate surface area is 365 Å². The molecule has 1 heterocycles. The molecule has 0 radical (unpaired) electrons. The Morgan fingerprint density at radius 2 is 1.62 bits per heavy atom. The molecule has 60 heavy (non-hydrogen) atoms. The van der Waals surface area contributed by atoms with E-state index >= 15 is 0 Å². The zero-order chi connectivity index (χ0) is 42.8. The van der Waals surface area contributed by atoms with Crippen molar-refractivity contribution >= 4 is 23.6 Å². The molecular formula is C50H74N2O7S. The molecule has 0 bridgehead atoms. The minimum Gasteiger partial charge on any atom is -0.460 e. The number of hydrogen-bond donors (Lipinski definition) is 3. The van der Waals surface area contributed by atoms with Gasteiger partial charge in [-0.3, -0.25) is 0 Å². The largest absolute Gasteiger partial charge is 0.460 e. The van der Waals surface area contributed by atoms with E-state index in [-0.39, 0.29) is 48.7 Å². The third-order valence-corrected chi connectivity index (χ3v) is 13.4. The number of thioether (sulfide) groups is 1. The smallest absolute Gasteiger partial charge is 0.412 e. The van der Waals surface area contributed by atoms with E-state index < -0.39 is 17.5 Å². The summed E-state index contributed by atoms with van der Waals surface area (Å²) in [5, 5.41) is 27.5. The molecule has 2 aliphatic carbocycles. The summed E-state index contributed by atoms with van der Waals surface area (Å²) in [4.78, 5) is 20.5. The predicted molar refractivity (Wildman–Crippen MR) is 244 cm³/mol. The van der Waals surface area contributed by atoms with Crippen LogP contribution in [-0.4, -0.2) is 65.0 Å². The van der Waals surface area contributed by atoms with E-state index in [2.05, 4.69) is 49.2 Å². The van der Waals surface area contributed by atoms with Gasteiger partial charge in [0.05, 0.1) is 23.5 Å². The fraction of sp³-hybridized carbons (Fsp3) is 0.640. The Morgan fingerprint density at radius 3 is 2.28 bits per heavy atom. The van der Waals surface area contributed by atoms with Gasteiger partial charge in [-0.05, 0) is 101 Å². The van der Waals surface area contributed by atoms with Gasteiger partial charge in [-0.1, -0.05) is 113 Å². The third kappa shape index (κ3) is 13.3. The van der Waals surface area contributed by atoms with Crippen LogP contribution >= 0.6 is 11.8 Å². The first-order chi connectivity index (χ1) is 29.1. The second-order valence-corrected chi connectivity index (χ2v) is 19.2. The molecule has 0 spiro atoms. The summed E-state index contributed by atoms with van der Waals surface area (Å²) >= 11 is 1.73. The molecule has 10 heteroatoms. The van der Waals surface area contributed by atoms with Crippen LogP contribution in [0.4, 0.5) is 4.79 Å². The quantitative estimate of drug-likeness (QED) is 0.0487. The van der Waals surface area contributed by atoms with Crippen LogP contribution in [-0.2, 0) is 9.57 Å². The maximum Gasteiger partial charge on any atom is 0.412 e. The number of hydrogen-bond acceptors (Lipinski definition) is 9. The van der Waals surface area contributed by atoms with Crippen molar-refractivity contribution in [2.24, 2.45) is 22.9 Å². The normalized spacial score (nSPS) is 23.9. The Bertz CT molecular complexity index is 1680. The van der Waals surface area contributed by atoms with Crippen LogP contribution in [0.5, 0.6) is 11.5 Å². The van der Waals surface area contributed by atoms with Crippen LogP contribution in [0.2, 0.25) is 0 Å². The van der Waals surface area contributed by atoms with E-state index in [0.717, 1.165) is 66.7 Å². The van der Waals surface area contributed by atoms with E-state index in [1.807, 2.05) is 45.0 Å². The molecule has 1 aliphatic heterocycles. The van der Waals surface area contributed by atoms with E-state index in [4.69, 9.17) is 24.2 Å². The second kappa shape index (κ2) is 24.4. The molecule has 332 valence electrons. The van der Waals surface area contributed by atoms with Crippen molar-refractivity contribution in [2.75, 3.05) is 26.4 Å². The Hall–Kier alpha value is -3.31.